The molecule has 2 aromatic heterocycles. The Morgan fingerprint density at radius 2 is 1.95 bits per heavy atom. The fourth-order valence-electron chi connectivity index (χ4n) is 2.85. The summed E-state index contributed by atoms with van der Waals surface area (Å²) in [5.41, 5.74) is 0.870. The van der Waals surface area contributed by atoms with Gasteiger partial charge in [-0.3, -0.25) is 0 Å². The van der Waals surface area contributed by atoms with Crippen LogP contribution in [0, 0.1) is 0 Å². The van der Waals surface area contributed by atoms with Crippen molar-refractivity contribution in [2.24, 2.45) is 0 Å². The molecule has 2 aliphatic rings. The van der Waals surface area contributed by atoms with Gasteiger partial charge in [0.25, 0.3) is 0 Å². The molecule has 0 unspecified atom stereocenters. The zero-order valence-corrected chi connectivity index (χ0v) is 11.4. The zero-order valence-electron chi connectivity index (χ0n) is 10.6. The maximum Gasteiger partial charge on any atom is 0.226 e. The molecule has 4 rings (SSSR count). The smallest absolute Gasteiger partial charge is 0.226 e. The maximum atomic E-state index is 6.06. The molecule has 0 atom stereocenters. The largest absolute Gasteiger partial charge is 0.367 e. The average molecular weight is 278 g/mol. The van der Waals surface area contributed by atoms with Crippen LogP contribution in [0.2, 0.25) is 5.28 Å². The van der Waals surface area contributed by atoms with Crippen LogP contribution in [-0.2, 0) is 0 Å². The quantitative estimate of drug-likeness (QED) is 0.876. The molecule has 19 heavy (non-hydrogen) atoms. The van der Waals surface area contributed by atoms with Crippen LogP contribution >= 0.6 is 11.6 Å². The molecule has 0 radical (unpaired) electrons. The fourth-order valence-corrected chi connectivity index (χ4v) is 3.01. The van der Waals surface area contributed by atoms with E-state index >= 15 is 0 Å². The van der Waals surface area contributed by atoms with Crippen LogP contribution in [0.4, 0.5) is 5.82 Å². The van der Waals surface area contributed by atoms with Gasteiger partial charge in [0.15, 0.2) is 5.65 Å². The van der Waals surface area contributed by atoms with E-state index in [-0.39, 0.29) is 0 Å². The molecular weight excluding hydrogens is 262 g/mol. The molecular formula is C13H16ClN5. The van der Waals surface area contributed by atoms with Gasteiger partial charge >= 0.3 is 0 Å². The zero-order chi connectivity index (χ0) is 12.8. The Labute approximate surface area is 116 Å². The molecule has 0 amide bonds. The summed E-state index contributed by atoms with van der Waals surface area (Å²) in [7, 11) is 0. The van der Waals surface area contributed by atoms with Gasteiger partial charge in [-0.1, -0.05) is 12.8 Å². The summed E-state index contributed by atoms with van der Waals surface area (Å²) < 4.78 is 2.04. The van der Waals surface area contributed by atoms with Crippen LogP contribution in [0.3, 0.4) is 0 Å². The van der Waals surface area contributed by atoms with E-state index in [1.54, 1.807) is 0 Å². The molecule has 2 saturated carbocycles. The Hall–Kier alpha value is -1.36. The highest BCUT2D eigenvalue weighted by molar-refractivity contribution is 6.28. The van der Waals surface area contributed by atoms with Crippen LogP contribution < -0.4 is 5.32 Å². The van der Waals surface area contributed by atoms with Crippen LogP contribution in [0.5, 0.6) is 0 Å². The number of halogens is 1. The van der Waals surface area contributed by atoms with E-state index in [9.17, 15) is 0 Å². The SMILES string of the molecule is Clc1nc(NC2CC2)c2cnn(C3CCCC3)c2n1. The topological polar surface area (TPSA) is 55.6 Å². The minimum absolute atomic E-state index is 0.301. The predicted octanol–water partition coefficient (Wildman–Crippen LogP) is 3.17. The van der Waals surface area contributed by atoms with Crippen molar-refractivity contribution >= 4 is 28.5 Å². The summed E-state index contributed by atoms with van der Waals surface area (Å²) in [6.45, 7) is 0. The molecule has 0 aliphatic heterocycles. The first kappa shape index (κ1) is 11.5. The van der Waals surface area contributed by atoms with E-state index in [4.69, 9.17) is 11.6 Å². The van der Waals surface area contributed by atoms with E-state index in [1.165, 1.54) is 38.5 Å². The van der Waals surface area contributed by atoms with Crippen molar-refractivity contribution in [3.63, 3.8) is 0 Å². The van der Waals surface area contributed by atoms with Crippen LogP contribution in [0.1, 0.15) is 44.6 Å². The van der Waals surface area contributed by atoms with Crippen molar-refractivity contribution in [2.75, 3.05) is 5.32 Å². The van der Waals surface area contributed by atoms with Crippen molar-refractivity contribution in [3.05, 3.63) is 11.5 Å². The summed E-state index contributed by atoms with van der Waals surface area (Å²) in [6.07, 6.45) is 9.21. The van der Waals surface area contributed by atoms with Crippen LogP contribution in [0.15, 0.2) is 6.20 Å². The second kappa shape index (κ2) is 4.34. The minimum atomic E-state index is 0.301. The number of nitrogens with one attached hydrogen (secondary N) is 1. The lowest BCUT2D eigenvalue weighted by molar-refractivity contribution is 0.478. The molecule has 2 heterocycles. The highest BCUT2D eigenvalue weighted by Gasteiger charge is 2.25. The molecule has 100 valence electrons. The van der Waals surface area contributed by atoms with Crippen molar-refractivity contribution in [3.8, 4) is 0 Å². The summed E-state index contributed by atoms with van der Waals surface area (Å²) in [6, 6.07) is 1.02. The number of nitrogens with zero attached hydrogens (tertiary/aromatic N) is 4. The first-order valence-corrected chi connectivity index (χ1v) is 7.36. The molecule has 0 saturated heterocycles. The third kappa shape index (κ3) is 2.06. The minimum Gasteiger partial charge on any atom is -0.367 e. The molecule has 6 heteroatoms. The molecule has 0 bridgehead atoms. The molecule has 0 spiro atoms. The van der Waals surface area contributed by atoms with Gasteiger partial charge in [0, 0.05) is 6.04 Å². The molecule has 5 nitrogen and oxygen atoms in total. The standard InChI is InChI=1S/C13H16ClN5/c14-13-17-11(16-8-5-6-8)10-7-15-19(12(10)18-13)9-3-1-2-4-9/h7-9H,1-6H2,(H,16,17,18). The van der Waals surface area contributed by atoms with Crippen molar-refractivity contribution in [1.29, 1.82) is 0 Å². The number of fused-ring (bicyclic) bond motifs is 1. The van der Waals surface area contributed by atoms with E-state index in [0.29, 0.717) is 17.4 Å². The number of hydrogen-bond acceptors (Lipinski definition) is 4. The monoisotopic (exact) mass is 277 g/mol. The van der Waals surface area contributed by atoms with Crippen molar-refractivity contribution in [2.45, 2.75) is 50.6 Å². The van der Waals surface area contributed by atoms with E-state index in [0.717, 1.165) is 16.9 Å². The van der Waals surface area contributed by atoms with E-state index in [1.807, 2.05) is 10.9 Å². The highest BCUT2D eigenvalue weighted by atomic mass is 35.5. The van der Waals surface area contributed by atoms with E-state index < -0.39 is 0 Å². The van der Waals surface area contributed by atoms with Crippen molar-refractivity contribution in [1.82, 2.24) is 19.7 Å². The lowest BCUT2D eigenvalue weighted by atomic mass is 10.2. The van der Waals surface area contributed by atoms with Gasteiger partial charge in [0.1, 0.15) is 5.82 Å². The third-order valence-corrected chi connectivity index (χ3v) is 4.18. The van der Waals surface area contributed by atoms with Crippen LogP contribution in [-0.4, -0.2) is 25.8 Å². The molecule has 0 aromatic carbocycles. The molecule has 2 aromatic rings. The van der Waals surface area contributed by atoms with Gasteiger partial charge in [-0.25, -0.2) is 4.68 Å². The lowest BCUT2D eigenvalue weighted by Gasteiger charge is -2.11. The average Bonchev–Trinajstić information content (AvgIpc) is 2.91. The van der Waals surface area contributed by atoms with Gasteiger partial charge in [-0.15, -0.1) is 0 Å². The summed E-state index contributed by atoms with van der Waals surface area (Å²) >= 11 is 6.06. The normalized spacial score (nSPS) is 20.3. The number of aromatic nitrogens is 4. The first-order chi connectivity index (χ1) is 9.31. The fraction of sp³-hybridized carbons (Fsp3) is 0.615. The summed E-state index contributed by atoms with van der Waals surface area (Å²) in [5, 5.41) is 9.23. The van der Waals surface area contributed by atoms with E-state index in [2.05, 4.69) is 20.4 Å². The molecule has 1 N–H and O–H groups in total. The Morgan fingerprint density at radius 1 is 1.16 bits per heavy atom. The summed E-state index contributed by atoms with van der Waals surface area (Å²) in [4.78, 5) is 8.69. The Kier molecular flexibility index (Phi) is 2.62. The highest BCUT2D eigenvalue weighted by Crippen LogP contribution is 2.34. The van der Waals surface area contributed by atoms with Gasteiger partial charge in [0.2, 0.25) is 5.28 Å². The second-order valence-electron chi connectivity index (χ2n) is 5.52. The third-order valence-electron chi connectivity index (χ3n) is 4.02. The summed E-state index contributed by atoms with van der Waals surface area (Å²) in [5.74, 6) is 0.835. The Balaban J connectivity index is 1.80. The van der Waals surface area contributed by atoms with Gasteiger partial charge in [-0.05, 0) is 37.3 Å². The van der Waals surface area contributed by atoms with Gasteiger partial charge < -0.3 is 5.32 Å². The lowest BCUT2D eigenvalue weighted by Crippen LogP contribution is -2.08. The molecule has 2 aliphatic carbocycles. The number of hydrogen-bond donors (Lipinski definition) is 1. The predicted molar refractivity (Wildman–Crippen MR) is 74.5 cm³/mol. The number of anilines is 1. The van der Waals surface area contributed by atoms with Gasteiger partial charge in [0.05, 0.1) is 17.6 Å². The Morgan fingerprint density at radius 3 is 2.68 bits per heavy atom. The van der Waals surface area contributed by atoms with Gasteiger partial charge in [-0.2, -0.15) is 15.1 Å². The van der Waals surface area contributed by atoms with Crippen molar-refractivity contribution < 1.29 is 0 Å². The number of rotatable bonds is 3. The van der Waals surface area contributed by atoms with Crippen LogP contribution in [0.25, 0.3) is 11.0 Å². The second-order valence-corrected chi connectivity index (χ2v) is 5.86. The first-order valence-electron chi connectivity index (χ1n) is 6.98. The molecule has 2 fully saturated rings. The Bertz CT molecular complexity index is 613. The maximum absolute atomic E-state index is 6.06.